The Balaban J connectivity index is 3.40. The van der Waals surface area contributed by atoms with E-state index in [1.807, 2.05) is 19.9 Å². The zero-order valence-electron chi connectivity index (χ0n) is 7.31. The molecule has 0 saturated heterocycles. The summed E-state index contributed by atoms with van der Waals surface area (Å²) >= 11 is 7.83. The molecule has 0 aliphatic carbocycles. The molecule has 0 spiro atoms. The Bertz CT molecular complexity index is 310. The largest absolute Gasteiger partial charge is 0.495 e. The molecule has 1 nitrogen and oxygen atoms in total. The van der Waals surface area contributed by atoms with Crippen LogP contribution in [0.3, 0.4) is 0 Å². The Morgan fingerprint density at radius 1 is 1.42 bits per heavy atom. The summed E-state index contributed by atoms with van der Waals surface area (Å²) in [6, 6.07) is 2.04. The van der Waals surface area contributed by atoms with Crippen molar-refractivity contribution in [2.75, 3.05) is 7.11 Å². The summed E-state index contributed by atoms with van der Waals surface area (Å²) in [6.07, 6.45) is 0. The van der Waals surface area contributed by atoms with E-state index in [9.17, 15) is 0 Å². The van der Waals surface area contributed by atoms with Gasteiger partial charge in [0.1, 0.15) is 5.75 Å². The number of benzene rings is 1. The smallest absolute Gasteiger partial charge is 0.135 e. The number of aryl methyl sites for hydroxylation is 1. The number of halogens is 1. The normalized spacial score (nSPS) is 10.1. The molecule has 0 saturated carbocycles. The maximum absolute atomic E-state index is 5.21. The highest BCUT2D eigenvalue weighted by Crippen LogP contribution is 2.34. The van der Waals surface area contributed by atoms with Gasteiger partial charge in [0.25, 0.3) is 0 Å². The molecule has 1 rings (SSSR count). The van der Waals surface area contributed by atoms with E-state index >= 15 is 0 Å². The fourth-order valence-corrected chi connectivity index (χ4v) is 2.17. The summed E-state index contributed by atoms with van der Waals surface area (Å²) in [6.45, 7) is 4.01. The summed E-state index contributed by atoms with van der Waals surface area (Å²) in [5, 5.41) is 0. The Labute approximate surface area is 86.7 Å². The zero-order valence-corrected chi connectivity index (χ0v) is 9.79. The van der Waals surface area contributed by atoms with Crippen LogP contribution in [0.25, 0.3) is 0 Å². The lowest BCUT2D eigenvalue weighted by Crippen LogP contribution is -1.92. The number of ether oxygens (including phenoxy) is 1. The molecule has 0 unspecified atom stereocenters. The molecule has 1 aromatic carbocycles. The minimum Gasteiger partial charge on any atom is -0.495 e. The first-order chi connectivity index (χ1) is 5.57. The molecular formula is C9H11BrOS. The van der Waals surface area contributed by atoms with E-state index in [0.717, 1.165) is 26.2 Å². The highest BCUT2D eigenvalue weighted by Gasteiger charge is 2.08. The molecule has 1 aromatic rings. The second-order valence-electron chi connectivity index (χ2n) is 2.68. The van der Waals surface area contributed by atoms with Crippen LogP contribution in [-0.4, -0.2) is 7.11 Å². The molecule has 0 aromatic heterocycles. The van der Waals surface area contributed by atoms with E-state index in [-0.39, 0.29) is 0 Å². The van der Waals surface area contributed by atoms with Gasteiger partial charge in [-0.25, -0.2) is 0 Å². The van der Waals surface area contributed by atoms with E-state index < -0.39 is 0 Å². The van der Waals surface area contributed by atoms with Crippen LogP contribution in [0.4, 0.5) is 0 Å². The van der Waals surface area contributed by atoms with Crippen molar-refractivity contribution in [3.8, 4) is 5.75 Å². The number of thiol groups is 1. The van der Waals surface area contributed by atoms with E-state index in [1.54, 1.807) is 7.11 Å². The molecule has 12 heavy (non-hydrogen) atoms. The molecule has 0 N–H and O–H groups in total. The number of hydrogen-bond donors (Lipinski definition) is 1. The first-order valence-electron chi connectivity index (χ1n) is 3.60. The Hall–Kier alpha value is -0.150. The monoisotopic (exact) mass is 246 g/mol. The predicted molar refractivity (Wildman–Crippen MR) is 57.4 cm³/mol. The van der Waals surface area contributed by atoms with Gasteiger partial charge in [-0.15, -0.1) is 12.6 Å². The van der Waals surface area contributed by atoms with Crippen molar-refractivity contribution in [3.63, 3.8) is 0 Å². The van der Waals surface area contributed by atoms with Crippen LogP contribution >= 0.6 is 28.6 Å². The molecule has 0 aliphatic rings. The third-order valence-electron chi connectivity index (χ3n) is 1.83. The summed E-state index contributed by atoms with van der Waals surface area (Å²) in [7, 11) is 1.66. The van der Waals surface area contributed by atoms with Crippen LogP contribution in [0.2, 0.25) is 0 Å². The fraction of sp³-hybridized carbons (Fsp3) is 0.333. The van der Waals surface area contributed by atoms with Crippen molar-refractivity contribution < 1.29 is 4.74 Å². The first kappa shape index (κ1) is 9.93. The highest BCUT2D eigenvalue weighted by atomic mass is 79.9. The molecular weight excluding hydrogens is 236 g/mol. The third-order valence-corrected chi connectivity index (χ3v) is 3.20. The van der Waals surface area contributed by atoms with Crippen LogP contribution in [0.1, 0.15) is 11.1 Å². The van der Waals surface area contributed by atoms with Crippen molar-refractivity contribution >= 4 is 28.6 Å². The second kappa shape index (κ2) is 3.71. The fourth-order valence-electron chi connectivity index (χ4n) is 1.09. The molecule has 0 bridgehead atoms. The predicted octanol–water partition coefficient (Wildman–Crippen LogP) is 3.36. The Morgan fingerprint density at radius 2 is 2.00 bits per heavy atom. The molecule has 0 radical (unpaired) electrons. The van der Waals surface area contributed by atoms with E-state index in [2.05, 4.69) is 28.6 Å². The van der Waals surface area contributed by atoms with Crippen LogP contribution in [-0.2, 0) is 0 Å². The molecule has 0 fully saturated rings. The first-order valence-corrected chi connectivity index (χ1v) is 4.84. The van der Waals surface area contributed by atoms with Crippen LogP contribution < -0.4 is 4.74 Å². The quantitative estimate of drug-likeness (QED) is 0.748. The highest BCUT2D eigenvalue weighted by molar-refractivity contribution is 9.10. The Morgan fingerprint density at radius 3 is 2.50 bits per heavy atom. The second-order valence-corrected chi connectivity index (χ2v) is 3.98. The summed E-state index contributed by atoms with van der Waals surface area (Å²) in [5.41, 5.74) is 2.21. The lowest BCUT2D eigenvalue weighted by molar-refractivity contribution is 0.401. The minimum atomic E-state index is 0.860. The topological polar surface area (TPSA) is 9.23 Å². The maximum Gasteiger partial charge on any atom is 0.135 e. The number of methoxy groups -OCH3 is 1. The van der Waals surface area contributed by atoms with Crippen molar-refractivity contribution in [1.82, 2.24) is 0 Å². The summed E-state index contributed by atoms with van der Waals surface area (Å²) in [5.74, 6) is 0.860. The van der Waals surface area contributed by atoms with Gasteiger partial charge >= 0.3 is 0 Å². The van der Waals surface area contributed by atoms with Crippen LogP contribution in [0.5, 0.6) is 5.75 Å². The van der Waals surface area contributed by atoms with Crippen molar-refractivity contribution in [1.29, 1.82) is 0 Å². The molecule has 0 atom stereocenters. The molecule has 0 heterocycles. The molecule has 66 valence electrons. The van der Waals surface area contributed by atoms with Gasteiger partial charge in [-0.2, -0.15) is 0 Å². The summed E-state index contributed by atoms with van der Waals surface area (Å²) < 4.78 is 6.29. The van der Waals surface area contributed by atoms with Crippen molar-refractivity contribution in [2.24, 2.45) is 0 Å². The van der Waals surface area contributed by atoms with Gasteiger partial charge in [-0.1, -0.05) is 15.9 Å². The minimum absolute atomic E-state index is 0.860. The van der Waals surface area contributed by atoms with Gasteiger partial charge in [0, 0.05) is 4.47 Å². The van der Waals surface area contributed by atoms with Crippen molar-refractivity contribution in [3.05, 3.63) is 21.7 Å². The third kappa shape index (κ3) is 1.62. The summed E-state index contributed by atoms with van der Waals surface area (Å²) in [4.78, 5) is 0.907. The zero-order chi connectivity index (χ0) is 9.30. The molecule has 0 aliphatic heterocycles. The standard InChI is InChI=1S/C9H11BrOS/c1-5-4-7(10)6(2)9(12)8(5)11-3/h4,12H,1-3H3. The lowest BCUT2D eigenvalue weighted by atomic mass is 10.1. The van der Waals surface area contributed by atoms with Gasteiger partial charge in [-0.05, 0) is 31.0 Å². The van der Waals surface area contributed by atoms with Crippen molar-refractivity contribution in [2.45, 2.75) is 18.7 Å². The van der Waals surface area contributed by atoms with E-state index in [1.165, 1.54) is 0 Å². The Kier molecular flexibility index (Phi) is 3.07. The van der Waals surface area contributed by atoms with E-state index in [0.29, 0.717) is 0 Å². The average Bonchev–Trinajstić information content (AvgIpc) is 2.01. The number of rotatable bonds is 1. The van der Waals surface area contributed by atoms with Gasteiger partial charge in [0.05, 0.1) is 12.0 Å². The van der Waals surface area contributed by atoms with Gasteiger partial charge in [0.2, 0.25) is 0 Å². The van der Waals surface area contributed by atoms with Gasteiger partial charge in [-0.3, -0.25) is 0 Å². The maximum atomic E-state index is 5.21. The van der Waals surface area contributed by atoms with Crippen LogP contribution in [0.15, 0.2) is 15.4 Å². The number of hydrogen-bond acceptors (Lipinski definition) is 2. The molecule has 0 amide bonds. The molecule has 3 heteroatoms. The van der Waals surface area contributed by atoms with Crippen LogP contribution in [0, 0.1) is 13.8 Å². The SMILES string of the molecule is COc1c(C)cc(Br)c(C)c1S. The van der Waals surface area contributed by atoms with Gasteiger partial charge in [0.15, 0.2) is 0 Å². The van der Waals surface area contributed by atoms with Gasteiger partial charge < -0.3 is 4.74 Å². The average molecular weight is 247 g/mol. The lowest BCUT2D eigenvalue weighted by Gasteiger charge is -2.11. The van der Waals surface area contributed by atoms with E-state index in [4.69, 9.17) is 4.74 Å².